The summed E-state index contributed by atoms with van der Waals surface area (Å²) in [5.74, 6) is -0.777. The Balaban J connectivity index is 1.79. The zero-order chi connectivity index (χ0) is 19.4. The van der Waals surface area contributed by atoms with Gasteiger partial charge in [0.15, 0.2) is 0 Å². The Kier molecular flexibility index (Phi) is 5.84. The summed E-state index contributed by atoms with van der Waals surface area (Å²) in [6.07, 6.45) is -1.89. The molecule has 0 fully saturated rings. The van der Waals surface area contributed by atoms with Gasteiger partial charge in [0.2, 0.25) is 0 Å². The molecule has 0 radical (unpaired) electrons. The van der Waals surface area contributed by atoms with Crippen LogP contribution in [-0.4, -0.2) is 22.1 Å². The molecule has 144 valence electrons. The highest BCUT2D eigenvalue weighted by Crippen LogP contribution is 2.39. The third-order valence-corrected chi connectivity index (χ3v) is 4.36. The highest BCUT2D eigenvalue weighted by atomic mass is 35.5. The van der Waals surface area contributed by atoms with Crippen molar-refractivity contribution < 1.29 is 27.4 Å². The molecular formula is C18H16ClF3N2O3. The van der Waals surface area contributed by atoms with Crippen LogP contribution in [0.25, 0.3) is 0 Å². The van der Waals surface area contributed by atoms with Gasteiger partial charge in [0, 0.05) is 12.0 Å². The lowest BCUT2D eigenvalue weighted by Gasteiger charge is -2.26. The highest BCUT2D eigenvalue weighted by molar-refractivity contribution is 6.30. The van der Waals surface area contributed by atoms with Crippen molar-refractivity contribution in [3.05, 3.63) is 46.7 Å². The molecule has 0 saturated carbocycles. The maximum absolute atomic E-state index is 12.3. The van der Waals surface area contributed by atoms with E-state index in [9.17, 15) is 18.0 Å². The van der Waals surface area contributed by atoms with Gasteiger partial charge in [-0.1, -0.05) is 30.2 Å². The molecule has 1 aromatic heterocycles. The summed E-state index contributed by atoms with van der Waals surface area (Å²) >= 11 is 5.75. The van der Waals surface area contributed by atoms with Gasteiger partial charge in [-0.2, -0.15) is 13.2 Å². The van der Waals surface area contributed by atoms with Gasteiger partial charge in [-0.3, -0.25) is 4.79 Å². The number of alkyl halides is 3. The number of hydrogen-bond acceptors (Lipinski definition) is 5. The molecule has 9 heteroatoms. The van der Waals surface area contributed by atoms with Gasteiger partial charge in [-0.15, -0.1) is 0 Å². The molecule has 0 aliphatic carbocycles. The molecule has 0 saturated heterocycles. The lowest BCUT2D eigenvalue weighted by atomic mass is 9.87. The number of halogens is 4. The summed E-state index contributed by atoms with van der Waals surface area (Å²) in [5.41, 5.74) is 1.36. The van der Waals surface area contributed by atoms with E-state index in [1.165, 1.54) is 12.4 Å². The fourth-order valence-electron chi connectivity index (χ4n) is 2.95. The molecule has 27 heavy (non-hydrogen) atoms. The smallest absolute Gasteiger partial charge is 0.389 e. The fraction of sp³-hybridized carbons (Fsp3) is 0.389. The van der Waals surface area contributed by atoms with Gasteiger partial charge in [-0.05, 0) is 24.5 Å². The summed E-state index contributed by atoms with van der Waals surface area (Å²) in [7, 11) is 0. The second-order valence-corrected chi connectivity index (χ2v) is 6.57. The zero-order valence-corrected chi connectivity index (χ0v) is 14.9. The molecule has 0 amide bonds. The number of carbonyl (C=O) groups excluding carboxylic acids is 1. The van der Waals surface area contributed by atoms with Crippen LogP contribution in [0.5, 0.6) is 11.8 Å². The number of esters is 1. The van der Waals surface area contributed by atoms with Gasteiger partial charge in [0.25, 0.3) is 0 Å². The monoisotopic (exact) mass is 400 g/mol. The normalized spacial score (nSPS) is 16.6. The molecule has 1 aliphatic heterocycles. The van der Waals surface area contributed by atoms with Crippen molar-refractivity contribution in [2.45, 2.75) is 44.4 Å². The van der Waals surface area contributed by atoms with E-state index < -0.39 is 24.5 Å². The minimum absolute atomic E-state index is 0.0497. The summed E-state index contributed by atoms with van der Waals surface area (Å²) in [4.78, 5) is 20.2. The number of benzene rings is 1. The molecule has 1 aliphatic rings. The first-order valence-electron chi connectivity index (χ1n) is 8.34. The molecule has 1 atom stereocenters. The number of cyclic esters (lactones) is 1. The van der Waals surface area contributed by atoms with E-state index in [-0.39, 0.29) is 31.9 Å². The Bertz CT molecular complexity index is 812. The first kappa shape index (κ1) is 19.4. The molecular weight excluding hydrogens is 385 g/mol. The second kappa shape index (κ2) is 8.12. The van der Waals surface area contributed by atoms with E-state index in [0.29, 0.717) is 16.3 Å². The lowest BCUT2D eigenvalue weighted by molar-refractivity contribution is -0.148. The second-order valence-electron chi connectivity index (χ2n) is 6.14. The van der Waals surface area contributed by atoms with Crippen LogP contribution in [0.2, 0.25) is 5.02 Å². The zero-order valence-electron chi connectivity index (χ0n) is 14.1. The molecule has 3 rings (SSSR count). The van der Waals surface area contributed by atoms with Crippen molar-refractivity contribution in [1.29, 1.82) is 0 Å². The fourth-order valence-corrected chi connectivity index (χ4v) is 3.05. The summed E-state index contributed by atoms with van der Waals surface area (Å²) in [5, 5.41) is 0.351. The number of rotatable bonds is 6. The van der Waals surface area contributed by atoms with Crippen LogP contribution in [0.3, 0.4) is 0 Å². The molecule has 2 aromatic rings. The predicted octanol–water partition coefficient (Wildman–Crippen LogP) is 5.19. The first-order chi connectivity index (χ1) is 12.8. The Morgan fingerprint density at radius 1 is 1.22 bits per heavy atom. The minimum atomic E-state index is -4.20. The van der Waals surface area contributed by atoms with Crippen LogP contribution in [-0.2, 0) is 16.1 Å². The van der Waals surface area contributed by atoms with Crippen LogP contribution >= 0.6 is 11.6 Å². The maximum Gasteiger partial charge on any atom is 0.389 e. The Morgan fingerprint density at radius 3 is 2.67 bits per heavy atom. The predicted molar refractivity (Wildman–Crippen MR) is 90.6 cm³/mol. The van der Waals surface area contributed by atoms with E-state index in [1.54, 1.807) is 18.2 Å². The van der Waals surface area contributed by atoms with Crippen LogP contribution in [0.15, 0.2) is 30.6 Å². The van der Waals surface area contributed by atoms with E-state index in [2.05, 4.69) is 9.97 Å². The SMILES string of the molecule is O=C1OCc2cccc(Oc3ncc(Cl)cn3)c2C1CCCCC(F)(F)F. The number of hydrogen-bond donors (Lipinski definition) is 0. The Labute approximate surface area is 158 Å². The average molecular weight is 401 g/mol. The number of unbranched alkanes of at least 4 members (excludes halogenated alkanes) is 1. The number of fused-ring (bicyclic) bond motifs is 1. The third kappa shape index (κ3) is 5.09. The molecule has 1 unspecified atom stereocenters. The van der Waals surface area contributed by atoms with Crippen molar-refractivity contribution in [3.63, 3.8) is 0 Å². The molecule has 1 aromatic carbocycles. The van der Waals surface area contributed by atoms with Crippen LogP contribution in [0.4, 0.5) is 13.2 Å². The first-order valence-corrected chi connectivity index (χ1v) is 8.72. The van der Waals surface area contributed by atoms with Gasteiger partial charge in [0.05, 0.1) is 23.3 Å². The van der Waals surface area contributed by atoms with Crippen molar-refractivity contribution >= 4 is 17.6 Å². The van der Waals surface area contributed by atoms with Gasteiger partial charge in [0.1, 0.15) is 12.4 Å². The molecule has 0 bridgehead atoms. The number of nitrogens with zero attached hydrogens (tertiary/aromatic N) is 2. The number of aromatic nitrogens is 2. The summed E-state index contributed by atoms with van der Waals surface area (Å²) in [6.45, 7) is 0.0892. The quantitative estimate of drug-likeness (QED) is 0.493. The van der Waals surface area contributed by atoms with E-state index in [1.807, 2.05) is 0 Å². The Hall–Kier alpha value is -2.35. The van der Waals surface area contributed by atoms with Crippen molar-refractivity contribution in [1.82, 2.24) is 9.97 Å². The van der Waals surface area contributed by atoms with Gasteiger partial charge >= 0.3 is 18.2 Å². The van der Waals surface area contributed by atoms with Crippen LogP contribution in [0, 0.1) is 0 Å². The average Bonchev–Trinajstić information content (AvgIpc) is 2.61. The number of ether oxygens (including phenoxy) is 2. The van der Waals surface area contributed by atoms with Crippen LogP contribution < -0.4 is 4.74 Å². The van der Waals surface area contributed by atoms with Crippen molar-refractivity contribution in [2.24, 2.45) is 0 Å². The highest BCUT2D eigenvalue weighted by Gasteiger charge is 2.33. The van der Waals surface area contributed by atoms with Crippen LogP contribution in [0.1, 0.15) is 42.7 Å². The lowest BCUT2D eigenvalue weighted by Crippen LogP contribution is -2.23. The van der Waals surface area contributed by atoms with Gasteiger partial charge in [-0.25, -0.2) is 9.97 Å². The van der Waals surface area contributed by atoms with Gasteiger partial charge < -0.3 is 9.47 Å². The maximum atomic E-state index is 12.3. The van der Waals surface area contributed by atoms with Crippen molar-refractivity contribution in [3.8, 4) is 11.8 Å². The van der Waals surface area contributed by atoms with E-state index >= 15 is 0 Å². The van der Waals surface area contributed by atoms with Crippen molar-refractivity contribution in [2.75, 3.05) is 0 Å². The molecule has 0 spiro atoms. The summed E-state index contributed by atoms with van der Waals surface area (Å²) < 4.78 is 47.9. The third-order valence-electron chi connectivity index (χ3n) is 4.16. The minimum Gasteiger partial charge on any atom is -0.460 e. The molecule has 2 heterocycles. The topological polar surface area (TPSA) is 61.3 Å². The van der Waals surface area contributed by atoms with E-state index in [4.69, 9.17) is 21.1 Å². The standard InChI is InChI=1S/C18H16ClF3N2O3/c19-12-8-23-17(24-9-12)27-14-6-3-4-11-10-26-16(25)13(15(11)14)5-1-2-7-18(20,21)22/h3-4,6,8-9,13H,1-2,5,7,10H2. The largest absolute Gasteiger partial charge is 0.460 e. The molecule has 0 N–H and O–H groups in total. The number of carbonyl (C=O) groups is 1. The Morgan fingerprint density at radius 2 is 1.96 bits per heavy atom. The van der Waals surface area contributed by atoms with E-state index in [0.717, 1.165) is 5.56 Å². The summed E-state index contributed by atoms with van der Waals surface area (Å²) in [6, 6.07) is 5.25. The molecule has 5 nitrogen and oxygen atoms in total.